The minimum absolute atomic E-state index is 0.128. The molecule has 0 aliphatic rings. The average Bonchev–Trinajstić information content (AvgIpc) is 2.62. The van der Waals surface area contributed by atoms with E-state index in [0.29, 0.717) is 23.9 Å². The zero-order valence-electron chi connectivity index (χ0n) is 12.4. The van der Waals surface area contributed by atoms with Gasteiger partial charge in [-0.2, -0.15) is 5.10 Å². The molecule has 6 heteroatoms. The van der Waals surface area contributed by atoms with Gasteiger partial charge in [0.1, 0.15) is 5.69 Å². The van der Waals surface area contributed by atoms with Gasteiger partial charge < -0.3 is 5.32 Å². The van der Waals surface area contributed by atoms with Crippen molar-refractivity contribution >= 4 is 11.5 Å². The summed E-state index contributed by atoms with van der Waals surface area (Å²) in [5.41, 5.74) is 0.694. The van der Waals surface area contributed by atoms with Crippen LogP contribution >= 0.6 is 0 Å². The van der Waals surface area contributed by atoms with Crippen LogP contribution < -0.4 is 5.32 Å². The number of nitrogens with one attached hydrogen (secondary N) is 1. The molecule has 0 aliphatic carbocycles. The zero-order valence-corrected chi connectivity index (χ0v) is 12.4. The summed E-state index contributed by atoms with van der Waals surface area (Å²) < 4.78 is 1.59. The molecule has 0 aromatic carbocycles. The van der Waals surface area contributed by atoms with E-state index in [-0.39, 0.29) is 16.7 Å². The van der Waals surface area contributed by atoms with Crippen molar-refractivity contribution in [1.82, 2.24) is 9.78 Å². The first-order chi connectivity index (χ1) is 8.92. The molecule has 1 unspecified atom stereocenters. The van der Waals surface area contributed by atoms with E-state index in [1.165, 1.54) is 0 Å². The molecule has 108 valence electrons. The number of nitrogens with zero attached hydrogens (tertiary/aromatic N) is 3. The third kappa shape index (κ3) is 3.45. The third-order valence-electron chi connectivity index (χ3n) is 3.33. The van der Waals surface area contributed by atoms with Crippen molar-refractivity contribution in [2.75, 3.05) is 5.32 Å². The van der Waals surface area contributed by atoms with Gasteiger partial charge in [0.15, 0.2) is 0 Å². The zero-order chi connectivity index (χ0) is 14.6. The van der Waals surface area contributed by atoms with Crippen molar-refractivity contribution < 1.29 is 4.92 Å². The Hall–Kier alpha value is -1.59. The van der Waals surface area contributed by atoms with E-state index in [1.54, 1.807) is 11.7 Å². The average molecular weight is 268 g/mol. The lowest BCUT2D eigenvalue weighted by Gasteiger charge is -2.21. The van der Waals surface area contributed by atoms with Gasteiger partial charge in [-0.1, -0.05) is 34.1 Å². The van der Waals surface area contributed by atoms with Crippen LogP contribution in [0.1, 0.15) is 46.2 Å². The molecular formula is C13H24N4O2. The summed E-state index contributed by atoms with van der Waals surface area (Å²) in [5, 5.41) is 18.8. The van der Waals surface area contributed by atoms with Crippen LogP contribution in [0.4, 0.5) is 11.5 Å². The van der Waals surface area contributed by atoms with Gasteiger partial charge in [-0.3, -0.25) is 10.1 Å². The maximum Gasteiger partial charge on any atom is 0.333 e. The molecule has 0 radical (unpaired) electrons. The molecule has 0 fully saturated rings. The Bertz CT molecular complexity index is 440. The Morgan fingerprint density at radius 2 is 2.05 bits per heavy atom. The Kier molecular flexibility index (Phi) is 5.32. The van der Waals surface area contributed by atoms with Gasteiger partial charge in [0.05, 0.1) is 4.92 Å². The van der Waals surface area contributed by atoms with Gasteiger partial charge in [0.25, 0.3) is 0 Å². The number of nitro groups is 1. The standard InChI is InChI=1S/C13H24N4O2/c1-6-8-11-12(17(18)19)13(16(5)15-11)14-10(7-2)9(3)4/h9-10,14H,6-8H2,1-5H3. The van der Waals surface area contributed by atoms with E-state index in [4.69, 9.17) is 0 Å². The van der Waals surface area contributed by atoms with Crippen molar-refractivity contribution in [2.24, 2.45) is 13.0 Å². The molecule has 0 aliphatic heterocycles. The Labute approximate surface area is 114 Å². The molecule has 19 heavy (non-hydrogen) atoms. The smallest absolute Gasteiger partial charge is 0.333 e. The molecular weight excluding hydrogens is 244 g/mol. The van der Waals surface area contributed by atoms with E-state index in [1.807, 2.05) is 6.92 Å². The number of aryl methyl sites for hydroxylation is 2. The first-order valence-corrected chi connectivity index (χ1v) is 6.89. The van der Waals surface area contributed by atoms with Gasteiger partial charge in [-0.25, -0.2) is 4.68 Å². The monoisotopic (exact) mass is 268 g/mol. The molecule has 1 N–H and O–H groups in total. The Morgan fingerprint density at radius 1 is 1.42 bits per heavy atom. The number of aromatic nitrogens is 2. The highest BCUT2D eigenvalue weighted by molar-refractivity contribution is 5.60. The first-order valence-electron chi connectivity index (χ1n) is 6.89. The fourth-order valence-corrected chi connectivity index (χ4v) is 2.24. The maximum atomic E-state index is 11.3. The number of anilines is 1. The number of rotatable bonds is 7. The summed E-state index contributed by atoms with van der Waals surface area (Å²) in [7, 11) is 1.75. The van der Waals surface area contributed by atoms with E-state index in [9.17, 15) is 10.1 Å². The predicted octanol–water partition coefficient (Wildman–Crippen LogP) is 3.13. The molecule has 6 nitrogen and oxygen atoms in total. The van der Waals surface area contributed by atoms with Crippen molar-refractivity contribution in [3.63, 3.8) is 0 Å². The minimum atomic E-state index is -0.326. The van der Waals surface area contributed by atoms with E-state index in [0.717, 1.165) is 12.8 Å². The van der Waals surface area contributed by atoms with Crippen LogP contribution in [0.25, 0.3) is 0 Å². The van der Waals surface area contributed by atoms with Crippen molar-refractivity contribution in [3.8, 4) is 0 Å². The van der Waals surface area contributed by atoms with Crippen molar-refractivity contribution in [3.05, 3.63) is 15.8 Å². The predicted molar refractivity (Wildman–Crippen MR) is 76.4 cm³/mol. The van der Waals surface area contributed by atoms with Crippen LogP contribution in [0.5, 0.6) is 0 Å². The van der Waals surface area contributed by atoms with Crippen LogP contribution in [-0.2, 0) is 13.5 Å². The minimum Gasteiger partial charge on any atom is -0.362 e. The van der Waals surface area contributed by atoms with Gasteiger partial charge in [-0.05, 0) is 18.8 Å². The fourth-order valence-electron chi connectivity index (χ4n) is 2.24. The quantitative estimate of drug-likeness (QED) is 0.609. The lowest BCUT2D eigenvalue weighted by Crippen LogP contribution is -2.26. The van der Waals surface area contributed by atoms with E-state index in [2.05, 4.69) is 31.2 Å². The van der Waals surface area contributed by atoms with Crippen LogP contribution in [-0.4, -0.2) is 20.7 Å². The summed E-state index contributed by atoms with van der Waals surface area (Å²) in [6.07, 6.45) is 2.39. The largest absolute Gasteiger partial charge is 0.362 e. The van der Waals surface area contributed by atoms with Crippen LogP contribution in [0.2, 0.25) is 0 Å². The highest BCUT2D eigenvalue weighted by Gasteiger charge is 2.27. The summed E-state index contributed by atoms with van der Waals surface area (Å²) in [6, 6.07) is 0.212. The summed E-state index contributed by atoms with van der Waals surface area (Å²) in [6.45, 7) is 8.29. The number of hydrogen-bond acceptors (Lipinski definition) is 4. The van der Waals surface area contributed by atoms with Crippen LogP contribution in [0.3, 0.4) is 0 Å². The summed E-state index contributed by atoms with van der Waals surface area (Å²) in [5.74, 6) is 0.933. The van der Waals surface area contributed by atoms with E-state index >= 15 is 0 Å². The second-order valence-electron chi connectivity index (χ2n) is 5.18. The van der Waals surface area contributed by atoms with E-state index < -0.39 is 0 Å². The molecule has 0 amide bonds. The Balaban J connectivity index is 3.15. The maximum absolute atomic E-state index is 11.3. The molecule has 1 aromatic rings. The lowest BCUT2D eigenvalue weighted by atomic mass is 10.0. The van der Waals surface area contributed by atoms with Gasteiger partial charge in [0.2, 0.25) is 5.82 Å². The highest BCUT2D eigenvalue weighted by Crippen LogP contribution is 2.30. The van der Waals surface area contributed by atoms with Crippen LogP contribution in [0.15, 0.2) is 0 Å². The molecule has 1 rings (SSSR count). The molecule has 0 saturated carbocycles. The van der Waals surface area contributed by atoms with Crippen molar-refractivity contribution in [2.45, 2.75) is 53.0 Å². The Morgan fingerprint density at radius 3 is 2.47 bits per heavy atom. The molecule has 1 atom stereocenters. The fraction of sp³-hybridized carbons (Fsp3) is 0.769. The molecule has 0 saturated heterocycles. The van der Waals surface area contributed by atoms with Gasteiger partial charge in [0, 0.05) is 13.1 Å². The van der Waals surface area contributed by atoms with Crippen molar-refractivity contribution in [1.29, 1.82) is 0 Å². The molecule has 1 heterocycles. The summed E-state index contributed by atoms with van der Waals surface area (Å²) in [4.78, 5) is 11.0. The molecule has 0 spiro atoms. The highest BCUT2D eigenvalue weighted by atomic mass is 16.6. The van der Waals surface area contributed by atoms with Crippen LogP contribution in [0, 0.1) is 16.0 Å². The first kappa shape index (κ1) is 15.5. The topological polar surface area (TPSA) is 73.0 Å². The second kappa shape index (κ2) is 6.54. The lowest BCUT2D eigenvalue weighted by molar-refractivity contribution is -0.384. The number of hydrogen-bond donors (Lipinski definition) is 1. The second-order valence-corrected chi connectivity index (χ2v) is 5.18. The van der Waals surface area contributed by atoms with Gasteiger partial charge >= 0.3 is 5.69 Å². The summed E-state index contributed by atoms with van der Waals surface area (Å²) >= 11 is 0. The SMILES string of the molecule is CCCc1nn(C)c(NC(CC)C(C)C)c1[N+](=O)[O-]. The third-order valence-corrected chi connectivity index (χ3v) is 3.33. The normalized spacial score (nSPS) is 12.7. The molecule has 0 bridgehead atoms. The van der Waals surface area contributed by atoms with Gasteiger partial charge in [-0.15, -0.1) is 0 Å². The molecule has 1 aromatic heterocycles.